The van der Waals surface area contributed by atoms with Crippen LogP contribution in [0.25, 0.3) is 0 Å². The summed E-state index contributed by atoms with van der Waals surface area (Å²) < 4.78 is 5.22. The van der Waals surface area contributed by atoms with Crippen molar-refractivity contribution in [2.45, 2.75) is 6.92 Å². The van der Waals surface area contributed by atoms with Gasteiger partial charge in [-0.3, -0.25) is 20.2 Å². The Hall–Kier alpha value is -3.26. The molecule has 0 saturated carbocycles. The van der Waals surface area contributed by atoms with Crippen molar-refractivity contribution in [3.8, 4) is 5.75 Å². The molecule has 0 heterocycles. The van der Waals surface area contributed by atoms with Gasteiger partial charge in [0.2, 0.25) is 0 Å². The summed E-state index contributed by atoms with van der Waals surface area (Å²) in [7, 11) is 3.52. The number of carbonyl (C=O) groups is 2. The van der Waals surface area contributed by atoms with E-state index in [9.17, 15) is 19.7 Å². The number of nitrogens with zero attached hydrogens (tertiary/aromatic N) is 2. The molecule has 0 aliphatic carbocycles. The van der Waals surface area contributed by atoms with Crippen molar-refractivity contribution in [2.75, 3.05) is 26.0 Å². The number of ketones is 1. The van der Waals surface area contributed by atoms with Crippen LogP contribution in [0.4, 0.5) is 16.2 Å². The number of carbonyl (C=O) groups excluding carboxylic acids is 2. The van der Waals surface area contributed by atoms with E-state index < -0.39 is 11.0 Å². The number of nitro groups is 1. The van der Waals surface area contributed by atoms with E-state index in [-0.39, 0.29) is 35.0 Å². The normalized spacial score (nSPS) is 10.5. The van der Waals surface area contributed by atoms with Gasteiger partial charge in [0.25, 0.3) is 5.69 Å². The number of likely N-dealkylation sites (N-methyl/N-ethyl adjacent to an activating group) is 1. The first-order valence-electron chi connectivity index (χ1n) is 7.78. The molecule has 8 nitrogen and oxygen atoms in total. The maximum absolute atomic E-state index is 12.2. The fraction of sp³-hybridized carbons (Fsp3) is 0.222. The van der Waals surface area contributed by atoms with E-state index in [0.717, 1.165) is 0 Å². The number of nitro benzene ring substituents is 1. The highest BCUT2D eigenvalue weighted by molar-refractivity contribution is 6.01. The third kappa shape index (κ3) is 4.87. The predicted octanol–water partition coefficient (Wildman–Crippen LogP) is 3.26. The summed E-state index contributed by atoms with van der Waals surface area (Å²) in [5.74, 6) is -0.0668. The molecule has 8 heteroatoms. The van der Waals surface area contributed by atoms with Crippen LogP contribution in [0.3, 0.4) is 0 Å². The van der Waals surface area contributed by atoms with Crippen molar-refractivity contribution in [1.82, 2.24) is 4.90 Å². The van der Waals surface area contributed by atoms with Crippen LogP contribution >= 0.6 is 0 Å². The third-order valence-corrected chi connectivity index (χ3v) is 3.50. The van der Waals surface area contributed by atoms with E-state index in [2.05, 4.69) is 5.32 Å². The van der Waals surface area contributed by atoms with Gasteiger partial charge in [-0.05, 0) is 39.2 Å². The quantitative estimate of drug-likeness (QED) is 0.484. The zero-order chi connectivity index (χ0) is 19.3. The molecule has 2 rings (SSSR count). The summed E-state index contributed by atoms with van der Waals surface area (Å²) in [5, 5.41) is 13.4. The fourth-order valence-corrected chi connectivity index (χ4v) is 2.29. The predicted molar refractivity (Wildman–Crippen MR) is 96.8 cm³/mol. The molecule has 26 heavy (non-hydrogen) atoms. The molecule has 0 fully saturated rings. The molecule has 0 unspecified atom stereocenters. The molecule has 0 aliphatic rings. The molecule has 0 aliphatic heterocycles. The number of aryl methyl sites for hydroxylation is 1. The number of rotatable bonds is 6. The summed E-state index contributed by atoms with van der Waals surface area (Å²) in [6.07, 6.45) is -0.840. The van der Waals surface area contributed by atoms with Crippen LogP contribution in [-0.4, -0.2) is 42.3 Å². The Labute approximate surface area is 150 Å². The Kier molecular flexibility index (Phi) is 6.03. The number of ether oxygens (including phenoxy) is 1. The second-order valence-electron chi connectivity index (χ2n) is 5.93. The molecule has 2 aromatic rings. The number of Topliss-reactive ketones (excluding diaryl/α,β-unsaturated/α-hetero) is 1. The standard InChI is InChI=1S/C18H19N3O5/c1-12-8-9-13(10-15(12)21(24)25)19-18(23)26-17-7-5-4-6-14(17)16(22)11-20(2)3/h4-10H,11H2,1-3H3,(H,19,23). The highest BCUT2D eigenvalue weighted by Gasteiger charge is 2.17. The molecule has 0 atom stereocenters. The second kappa shape index (κ2) is 8.21. The monoisotopic (exact) mass is 357 g/mol. The number of hydrogen-bond donors (Lipinski definition) is 1. The van der Waals surface area contributed by atoms with Crippen LogP contribution in [0.15, 0.2) is 42.5 Å². The van der Waals surface area contributed by atoms with Crippen molar-refractivity contribution in [1.29, 1.82) is 0 Å². The Balaban J connectivity index is 2.15. The van der Waals surface area contributed by atoms with E-state index in [0.29, 0.717) is 5.56 Å². The lowest BCUT2D eigenvalue weighted by atomic mass is 10.1. The van der Waals surface area contributed by atoms with Gasteiger partial charge in [0, 0.05) is 11.6 Å². The Morgan fingerprint density at radius 3 is 2.54 bits per heavy atom. The first kappa shape index (κ1) is 19.1. The van der Waals surface area contributed by atoms with Crippen LogP contribution in [0.2, 0.25) is 0 Å². The molecular weight excluding hydrogens is 338 g/mol. The van der Waals surface area contributed by atoms with Gasteiger partial charge in [0.05, 0.1) is 22.7 Å². The average molecular weight is 357 g/mol. The number of anilines is 1. The minimum absolute atomic E-state index is 0.107. The van der Waals surface area contributed by atoms with Gasteiger partial charge in [-0.2, -0.15) is 0 Å². The Morgan fingerprint density at radius 2 is 1.88 bits per heavy atom. The molecule has 1 amide bonds. The van der Waals surface area contributed by atoms with Crippen LogP contribution < -0.4 is 10.1 Å². The Bertz CT molecular complexity index is 848. The largest absolute Gasteiger partial charge is 0.417 e. The third-order valence-electron chi connectivity index (χ3n) is 3.50. The number of benzene rings is 2. The summed E-state index contributed by atoms with van der Waals surface area (Å²) in [6, 6.07) is 10.7. The van der Waals surface area contributed by atoms with E-state index in [1.54, 1.807) is 44.1 Å². The van der Waals surface area contributed by atoms with Gasteiger partial charge in [0.15, 0.2) is 5.78 Å². The fourth-order valence-electron chi connectivity index (χ4n) is 2.29. The Morgan fingerprint density at radius 1 is 1.19 bits per heavy atom. The lowest BCUT2D eigenvalue weighted by Crippen LogP contribution is -2.23. The van der Waals surface area contributed by atoms with Gasteiger partial charge >= 0.3 is 6.09 Å². The zero-order valence-electron chi connectivity index (χ0n) is 14.7. The molecule has 136 valence electrons. The van der Waals surface area contributed by atoms with Crippen molar-refractivity contribution in [3.63, 3.8) is 0 Å². The molecule has 2 aromatic carbocycles. The van der Waals surface area contributed by atoms with E-state index >= 15 is 0 Å². The molecule has 0 saturated heterocycles. The van der Waals surface area contributed by atoms with Crippen LogP contribution in [0.1, 0.15) is 15.9 Å². The maximum atomic E-state index is 12.2. The lowest BCUT2D eigenvalue weighted by molar-refractivity contribution is -0.385. The average Bonchev–Trinajstić information content (AvgIpc) is 2.56. The molecular formula is C18H19N3O5. The summed E-state index contributed by atoms with van der Waals surface area (Å²) in [4.78, 5) is 36.5. The number of hydrogen-bond acceptors (Lipinski definition) is 6. The zero-order valence-corrected chi connectivity index (χ0v) is 14.7. The first-order chi connectivity index (χ1) is 12.3. The summed E-state index contributed by atoms with van der Waals surface area (Å²) in [6.45, 7) is 1.78. The number of nitrogens with one attached hydrogen (secondary N) is 1. The highest BCUT2D eigenvalue weighted by atomic mass is 16.6. The maximum Gasteiger partial charge on any atom is 0.417 e. The van der Waals surface area contributed by atoms with Crippen molar-refractivity contribution in [2.24, 2.45) is 0 Å². The van der Waals surface area contributed by atoms with Crippen molar-refractivity contribution in [3.05, 3.63) is 63.7 Å². The topological polar surface area (TPSA) is 102 Å². The van der Waals surface area contributed by atoms with Crippen LogP contribution in [-0.2, 0) is 0 Å². The van der Waals surface area contributed by atoms with Gasteiger partial charge in [-0.25, -0.2) is 4.79 Å². The smallest absolute Gasteiger partial charge is 0.409 e. The lowest BCUT2D eigenvalue weighted by Gasteiger charge is -2.12. The number of para-hydroxylation sites is 1. The van der Waals surface area contributed by atoms with Gasteiger partial charge in [-0.1, -0.05) is 18.2 Å². The van der Waals surface area contributed by atoms with Gasteiger partial charge < -0.3 is 9.64 Å². The molecule has 0 bridgehead atoms. The molecule has 0 radical (unpaired) electrons. The van der Waals surface area contributed by atoms with Gasteiger partial charge in [0.1, 0.15) is 5.75 Å². The second-order valence-corrected chi connectivity index (χ2v) is 5.93. The molecule has 1 N–H and O–H groups in total. The van der Waals surface area contributed by atoms with E-state index in [4.69, 9.17) is 4.74 Å². The SMILES string of the molecule is Cc1ccc(NC(=O)Oc2ccccc2C(=O)CN(C)C)cc1[N+](=O)[O-]. The minimum atomic E-state index is -0.840. The molecule has 0 spiro atoms. The molecule has 0 aromatic heterocycles. The highest BCUT2D eigenvalue weighted by Crippen LogP contribution is 2.23. The summed E-state index contributed by atoms with van der Waals surface area (Å²) in [5.41, 5.74) is 0.883. The van der Waals surface area contributed by atoms with Crippen LogP contribution in [0, 0.1) is 17.0 Å². The van der Waals surface area contributed by atoms with E-state index in [1.165, 1.54) is 24.3 Å². The first-order valence-corrected chi connectivity index (χ1v) is 7.78. The summed E-state index contributed by atoms with van der Waals surface area (Å²) >= 11 is 0. The van der Waals surface area contributed by atoms with Crippen LogP contribution in [0.5, 0.6) is 5.75 Å². The van der Waals surface area contributed by atoms with Crippen molar-refractivity contribution >= 4 is 23.3 Å². The van der Waals surface area contributed by atoms with Crippen molar-refractivity contribution < 1.29 is 19.2 Å². The number of amides is 1. The minimum Gasteiger partial charge on any atom is -0.409 e. The van der Waals surface area contributed by atoms with Gasteiger partial charge in [-0.15, -0.1) is 0 Å². The van der Waals surface area contributed by atoms with E-state index in [1.807, 2.05) is 0 Å².